The van der Waals surface area contributed by atoms with Gasteiger partial charge in [-0.1, -0.05) is 24.3 Å². The number of nitrogens with two attached hydrogens (primary N) is 1. The largest absolute Gasteiger partial charge is 0.442 e. The van der Waals surface area contributed by atoms with Crippen molar-refractivity contribution < 1.29 is 23.5 Å². The van der Waals surface area contributed by atoms with Gasteiger partial charge in [-0.05, 0) is 47.0 Å². The van der Waals surface area contributed by atoms with E-state index in [0.717, 1.165) is 5.56 Å². The number of carbonyl (C=O) groups is 3. The van der Waals surface area contributed by atoms with Crippen LogP contribution in [0, 0.1) is 5.82 Å². The van der Waals surface area contributed by atoms with Crippen LogP contribution < -0.4 is 21.3 Å². The monoisotopic (exact) mass is 491 g/mol. The number of nitrogens with zero attached hydrogens (tertiary/aromatic N) is 2. The van der Waals surface area contributed by atoms with Gasteiger partial charge in [-0.2, -0.15) is 0 Å². The van der Waals surface area contributed by atoms with Gasteiger partial charge in [0.1, 0.15) is 18.0 Å². The molecule has 1 fully saturated rings. The summed E-state index contributed by atoms with van der Waals surface area (Å²) < 4.78 is 20.4. The molecule has 0 aliphatic carbocycles. The summed E-state index contributed by atoms with van der Waals surface area (Å²) in [5.74, 6) is -1.32. The number of primary amides is 1. The molecule has 1 saturated heterocycles. The minimum Gasteiger partial charge on any atom is -0.442 e. The Morgan fingerprint density at radius 2 is 1.89 bits per heavy atom. The van der Waals surface area contributed by atoms with Crippen LogP contribution in [0.15, 0.2) is 67.0 Å². The van der Waals surface area contributed by atoms with Gasteiger partial charge in [-0.25, -0.2) is 9.18 Å². The molecule has 0 bridgehead atoms. The second-order valence-corrected chi connectivity index (χ2v) is 8.41. The Morgan fingerprint density at radius 3 is 2.53 bits per heavy atom. The smallest absolute Gasteiger partial charge is 0.414 e. The molecule has 10 heteroatoms. The van der Waals surface area contributed by atoms with Crippen LogP contribution in [0.5, 0.6) is 0 Å². The molecule has 1 aliphatic rings. The van der Waals surface area contributed by atoms with Gasteiger partial charge >= 0.3 is 6.09 Å². The second kappa shape index (κ2) is 11.0. The van der Waals surface area contributed by atoms with Crippen molar-refractivity contribution in [1.82, 2.24) is 15.6 Å². The van der Waals surface area contributed by atoms with Crippen LogP contribution >= 0.6 is 0 Å². The lowest BCUT2D eigenvalue weighted by Gasteiger charge is -2.17. The van der Waals surface area contributed by atoms with E-state index in [0.29, 0.717) is 35.5 Å². The SMILES string of the molecule is CC(=O)NC[C@H]1CN(c2ccc(-c3ccc([C@@H](NCc4ccncc4)C(N)=O)cc3F)cc2)C(=O)O1. The average molecular weight is 492 g/mol. The van der Waals surface area contributed by atoms with Gasteiger partial charge < -0.3 is 15.8 Å². The van der Waals surface area contributed by atoms with Crippen LogP contribution in [0.2, 0.25) is 0 Å². The van der Waals surface area contributed by atoms with E-state index in [1.54, 1.807) is 48.8 Å². The first-order chi connectivity index (χ1) is 17.3. The van der Waals surface area contributed by atoms with E-state index in [9.17, 15) is 14.4 Å². The number of hydrogen-bond acceptors (Lipinski definition) is 6. The van der Waals surface area contributed by atoms with Crippen molar-refractivity contribution in [2.24, 2.45) is 5.73 Å². The zero-order chi connectivity index (χ0) is 25.7. The Hall–Kier alpha value is -4.31. The summed E-state index contributed by atoms with van der Waals surface area (Å²) in [5.41, 5.74) is 8.44. The highest BCUT2D eigenvalue weighted by Crippen LogP contribution is 2.29. The fraction of sp³-hybridized carbons (Fsp3) is 0.231. The Balaban J connectivity index is 1.46. The summed E-state index contributed by atoms with van der Waals surface area (Å²) in [6.07, 6.45) is 2.33. The van der Waals surface area contributed by atoms with E-state index in [1.165, 1.54) is 17.9 Å². The lowest BCUT2D eigenvalue weighted by Crippen LogP contribution is -2.33. The molecule has 4 rings (SSSR count). The number of aromatic nitrogens is 1. The number of halogens is 1. The molecule has 1 aromatic heterocycles. The molecule has 2 heterocycles. The maximum atomic E-state index is 15.1. The van der Waals surface area contributed by atoms with Crippen LogP contribution in [0.25, 0.3) is 11.1 Å². The van der Waals surface area contributed by atoms with Gasteiger partial charge in [0.15, 0.2) is 0 Å². The Kier molecular flexibility index (Phi) is 7.55. The number of rotatable bonds is 9. The zero-order valence-corrected chi connectivity index (χ0v) is 19.6. The van der Waals surface area contributed by atoms with Crippen LogP contribution in [-0.2, 0) is 20.9 Å². The number of pyridine rings is 1. The number of ether oxygens (including phenoxy) is 1. The number of nitrogens with one attached hydrogen (secondary N) is 2. The van der Waals surface area contributed by atoms with Crippen molar-refractivity contribution in [1.29, 1.82) is 0 Å². The molecular weight excluding hydrogens is 465 g/mol. The summed E-state index contributed by atoms with van der Waals surface area (Å²) in [5, 5.41) is 5.69. The summed E-state index contributed by atoms with van der Waals surface area (Å²) in [4.78, 5) is 40.8. The minimum atomic E-state index is -0.865. The topological polar surface area (TPSA) is 127 Å². The van der Waals surface area contributed by atoms with E-state index in [2.05, 4.69) is 15.6 Å². The van der Waals surface area contributed by atoms with Gasteiger partial charge in [0, 0.05) is 37.1 Å². The highest BCUT2D eigenvalue weighted by Gasteiger charge is 2.32. The number of anilines is 1. The standard InChI is InChI=1S/C26H26FN5O4/c1-16(33)30-14-21-15-32(26(35)36-21)20-5-2-18(3-6-20)22-7-4-19(12-23(22)27)24(25(28)34)31-13-17-8-10-29-11-9-17/h2-12,21,24,31H,13-15H2,1H3,(H2,28,34)(H,30,33)/t21-,24+/m0/s1. The minimum absolute atomic E-state index is 0.200. The number of amides is 3. The van der Waals surface area contributed by atoms with Gasteiger partial charge in [-0.3, -0.25) is 24.8 Å². The third-order valence-corrected chi connectivity index (χ3v) is 5.81. The first-order valence-corrected chi connectivity index (χ1v) is 11.4. The molecule has 3 aromatic rings. The van der Waals surface area contributed by atoms with E-state index < -0.39 is 30.0 Å². The van der Waals surface area contributed by atoms with Crippen molar-refractivity contribution in [3.63, 3.8) is 0 Å². The van der Waals surface area contributed by atoms with E-state index >= 15 is 4.39 Å². The fourth-order valence-corrected chi connectivity index (χ4v) is 3.97. The van der Waals surface area contributed by atoms with Crippen LogP contribution in [0.4, 0.5) is 14.9 Å². The Morgan fingerprint density at radius 1 is 1.17 bits per heavy atom. The zero-order valence-electron chi connectivity index (χ0n) is 19.6. The van der Waals surface area contributed by atoms with Crippen LogP contribution in [0.3, 0.4) is 0 Å². The Labute approximate surface area is 207 Å². The lowest BCUT2D eigenvalue weighted by atomic mass is 9.99. The fourth-order valence-electron chi connectivity index (χ4n) is 3.97. The van der Waals surface area contributed by atoms with Gasteiger partial charge in [-0.15, -0.1) is 0 Å². The molecular formula is C26H26FN5O4. The van der Waals surface area contributed by atoms with Crippen molar-refractivity contribution in [2.75, 3.05) is 18.0 Å². The molecule has 4 N–H and O–H groups in total. The highest BCUT2D eigenvalue weighted by atomic mass is 19.1. The van der Waals surface area contributed by atoms with Crippen molar-refractivity contribution in [2.45, 2.75) is 25.6 Å². The van der Waals surface area contributed by atoms with Crippen molar-refractivity contribution in [3.8, 4) is 11.1 Å². The molecule has 9 nitrogen and oxygen atoms in total. The quantitative estimate of drug-likeness (QED) is 0.422. The normalized spacial score (nSPS) is 15.9. The summed E-state index contributed by atoms with van der Waals surface area (Å²) in [7, 11) is 0. The molecule has 2 atom stereocenters. The van der Waals surface area contributed by atoms with E-state index in [1.807, 2.05) is 12.1 Å². The molecule has 0 unspecified atom stereocenters. The lowest BCUT2D eigenvalue weighted by molar-refractivity contribution is -0.120. The van der Waals surface area contributed by atoms with E-state index in [4.69, 9.17) is 10.5 Å². The third-order valence-electron chi connectivity index (χ3n) is 5.81. The second-order valence-electron chi connectivity index (χ2n) is 8.41. The predicted octanol–water partition coefficient (Wildman–Crippen LogP) is 2.67. The third kappa shape index (κ3) is 5.84. The average Bonchev–Trinajstić information content (AvgIpc) is 3.24. The van der Waals surface area contributed by atoms with Gasteiger partial charge in [0.25, 0.3) is 0 Å². The van der Waals surface area contributed by atoms with Crippen LogP contribution in [0.1, 0.15) is 24.1 Å². The molecule has 0 spiro atoms. The molecule has 1 aliphatic heterocycles. The molecule has 2 aromatic carbocycles. The maximum Gasteiger partial charge on any atom is 0.414 e. The number of carbonyl (C=O) groups excluding carboxylic acids is 3. The first-order valence-electron chi connectivity index (χ1n) is 11.4. The summed E-state index contributed by atoms with van der Waals surface area (Å²) >= 11 is 0. The number of hydrogen-bond donors (Lipinski definition) is 3. The number of benzene rings is 2. The Bertz CT molecular complexity index is 1250. The predicted molar refractivity (Wildman–Crippen MR) is 131 cm³/mol. The molecule has 0 saturated carbocycles. The summed E-state index contributed by atoms with van der Waals surface area (Å²) in [6, 6.07) is 14.1. The van der Waals surface area contributed by atoms with Crippen molar-refractivity contribution >= 4 is 23.6 Å². The van der Waals surface area contributed by atoms with Crippen molar-refractivity contribution in [3.05, 3.63) is 83.9 Å². The van der Waals surface area contributed by atoms with Crippen LogP contribution in [-0.4, -0.2) is 42.1 Å². The molecule has 3 amide bonds. The number of cyclic esters (lactones) is 1. The highest BCUT2D eigenvalue weighted by molar-refractivity contribution is 5.90. The summed E-state index contributed by atoms with van der Waals surface area (Å²) in [6.45, 7) is 2.29. The van der Waals surface area contributed by atoms with E-state index in [-0.39, 0.29) is 12.5 Å². The first kappa shape index (κ1) is 24.8. The maximum absolute atomic E-state index is 15.1. The molecule has 0 radical (unpaired) electrons. The molecule has 186 valence electrons. The molecule has 36 heavy (non-hydrogen) atoms. The van der Waals surface area contributed by atoms with Gasteiger partial charge in [0.2, 0.25) is 11.8 Å². The van der Waals surface area contributed by atoms with Gasteiger partial charge in [0.05, 0.1) is 13.1 Å².